The summed E-state index contributed by atoms with van der Waals surface area (Å²) >= 11 is 0. The second kappa shape index (κ2) is 10.7. The summed E-state index contributed by atoms with van der Waals surface area (Å²) in [6.07, 6.45) is 8.25. The number of aryl methyl sites for hydroxylation is 1. The SMILES string of the molecule is CC(C)N(C[C@H]1O[C@@H](C2C=Nc3c(N)ncnc32)[C@H](O)[C@@H]1O)C1CC(CCc2nc3cc(C4CCC4)ccc3[nH]2)C1. The van der Waals surface area contributed by atoms with Crippen LogP contribution in [0.15, 0.2) is 29.5 Å². The first kappa shape index (κ1) is 26.9. The van der Waals surface area contributed by atoms with E-state index in [9.17, 15) is 10.2 Å². The van der Waals surface area contributed by atoms with Crippen molar-refractivity contribution in [2.45, 2.75) is 107 Å². The molecule has 5 atom stereocenters. The minimum absolute atomic E-state index is 0.300. The number of anilines is 1. The standard InChI is InChI=1S/C31H41N7O3/c1-16(2)38(14-24-28(39)29(40)30(41-24)21-13-33-27-26(21)34-15-35-31(27)32)20-10-17(11-20)6-9-25-36-22-8-7-19(12-23(22)37-25)18-4-3-5-18/h7-8,12-13,15-18,20-21,24,28-30,39-40H,3-6,9-11,14H2,1-2H3,(H,36,37)(H2,32,34,35)/t17?,20?,21?,24-,28-,29-,30+/m1/s1. The Morgan fingerprint density at radius 2 is 1.98 bits per heavy atom. The van der Waals surface area contributed by atoms with Crippen molar-refractivity contribution >= 4 is 28.8 Å². The molecule has 1 aromatic carbocycles. The number of nitrogens with two attached hydrogens (primary N) is 1. The van der Waals surface area contributed by atoms with E-state index in [0.717, 1.165) is 48.5 Å². The van der Waals surface area contributed by atoms with Crippen molar-refractivity contribution < 1.29 is 14.9 Å². The van der Waals surface area contributed by atoms with Crippen LogP contribution in [0.4, 0.5) is 11.5 Å². The fraction of sp³-hybridized carbons (Fsp3) is 0.613. The molecule has 7 rings (SSSR count). The Kier molecular flexibility index (Phi) is 7.05. The lowest BCUT2D eigenvalue weighted by atomic mass is 9.76. The monoisotopic (exact) mass is 559 g/mol. The molecule has 3 fully saturated rings. The van der Waals surface area contributed by atoms with Crippen LogP contribution in [0.3, 0.4) is 0 Å². The maximum Gasteiger partial charge on any atom is 0.153 e. The predicted octanol–water partition coefficient (Wildman–Crippen LogP) is 3.61. The number of H-pyrrole nitrogens is 1. The number of aromatic nitrogens is 4. The van der Waals surface area contributed by atoms with Gasteiger partial charge in [-0.3, -0.25) is 9.89 Å². The molecule has 2 aliphatic heterocycles. The summed E-state index contributed by atoms with van der Waals surface area (Å²) < 4.78 is 6.31. The number of hydrogen-bond acceptors (Lipinski definition) is 9. The van der Waals surface area contributed by atoms with E-state index in [0.29, 0.717) is 41.7 Å². The first-order valence-electron chi connectivity index (χ1n) is 15.3. The number of nitrogens with zero attached hydrogens (tertiary/aromatic N) is 5. The van der Waals surface area contributed by atoms with Crippen LogP contribution >= 0.6 is 0 Å². The highest BCUT2D eigenvalue weighted by molar-refractivity contribution is 5.84. The number of nitrogen functional groups attached to an aromatic ring is 1. The van der Waals surface area contributed by atoms with E-state index in [1.807, 2.05) is 0 Å². The lowest BCUT2D eigenvalue weighted by molar-refractivity contribution is -0.0440. The fourth-order valence-corrected chi connectivity index (χ4v) is 7.20. The third kappa shape index (κ3) is 4.94. The van der Waals surface area contributed by atoms with Gasteiger partial charge in [0, 0.05) is 31.3 Å². The first-order valence-corrected chi connectivity index (χ1v) is 15.3. The van der Waals surface area contributed by atoms with Crippen molar-refractivity contribution in [1.29, 1.82) is 0 Å². The van der Waals surface area contributed by atoms with Crippen molar-refractivity contribution in [1.82, 2.24) is 24.8 Å². The molecule has 0 spiro atoms. The van der Waals surface area contributed by atoms with Gasteiger partial charge in [0.2, 0.25) is 0 Å². The van der Waals surface area contributed by atoms with Crippen LogP contribution in [0.25, 0.3) is 11.0 Å². The number of aliphatic hydroxyl groups excluding tert-OH is 2. The molecule has 2 aliphatic carbocycles. The summed E-state index contributed by atoms with van der Waals surface area (Å²) in [7, 11) is 0. The molecule has 0 amide bonds. The van der Waals surface area contributed by atoms with E-state index in [-0.39, 0.29) is 5.92 Å². The van der Waals surface area contributed by atoms with Crippen LogP contribution < -0.4 is 5.73 Å². The summed E-state index contributed by atoms with van der Waals surface area (Å²) in [5.41, 5.74) is 10.8. The molecule has 0 bridgehead atoms. The van der Waals surface area contributed by atoms with Crippen LogP contribution in [0.5, 0.6) is 0 Å². The molecule has 0 radical (unpaired) electrons. The van der Waals surface area contributed by atoms with Crippen molar-refractivity contribution in [3.63, 3.8) is 0 Å². The van der Waals surface area contributed by atoms with Gasteiger partial charge in [-0.15, -0.1) is 0 Å². The number of rotatable bonds is 9. The number of aliphatic imine (C=N–C) groups is 1. The first-order chi connectivity index (χ1) is 19.9. The Morgan fingerprint density at radius 1 is 1.15 bits per heavy atom. The van der Waals surface area contributed by atoms with Crippen molar-refractivity contribution in [2.75, 3.05) is 12.3 Å². The van der Waals surface area contributed by atoms with E-state index in [2.05, 4.69) is 56.9 Å². The summed E-state index contributed by atoms with van der Waals surface area (Å²) in [6, 6.07) is 7.48. The van der Waals surface area contributed by atoms with Crippen LogP contribution in [0.1, 0.15) is 81.3 Å². The number of fused-ring (bicyclic) bond motifs is 2. The molecule has 10 nitrogen and oxygen atoms in total. The third-order valence-corrected chi connectivity index (χ3v) is 9.97. The smallest absolute Gasteiger partial charge is 0.153 e. The topological polar surface area (TPSA) is 146 Å². The average molecular weight is 560 g/mol. The average Bonchev–Trinajstić information content (AvgIpc) is 3.58. The zero-order valence-electron chi connectivity index (χ0n) is 23.9. The van der Waals surface area contributed by atoms with Gasteiger partial charge in [0.05, 0.1) is 34.9 Å². The highest BCUT2D eigenvalue weighted by atomic mass is 16.5. The number of ether oxygens (including phenoxy) is 1. The Bertz CT molecular complexity index is 1430. The minimum Gasteiger partial charge on any atom is -0.388 e. The van der Waals surface area contributed by atoms with Gasteiger partial charge in [-0.05, 0) is 75.5 Å². The molecule has 3 aromatic rings. The van der Waals surface area contributed by atoms with Gasteiger partial charge in [0.1, 0.15) is 30.0 Å². The highest BCUT2D eigenvalue weighted by Crippen LogP contribution is 2.42. The summed E-state index contributed by atoms with van der Waals surface area (Å²) in [5.74, 6) is 2.41. The predicted molar refractivity (Wildman–Crippen MR) is 157 cm³/mol. The van der Waals surface area contributed by atoms with Gasteiger partial charge in [0.25, 0.3) is 0 Å². The Balaban J connectivity index is 0.939. The molecule has 218 valence electrons. The number of aliphatic hydroxyl groups is 2. The van der Waals surface area contributed by atoms with E-state index in [1.54, 1.807) is 6.21 Å². The zero-order valence-corrected chi connectivity index (χ0v) is 23.9. The van der Waals surface area contributed by atoms with Crippen LogP contribution in [-0.2, 0) is 11.2 Å². The third-order valence-electron chi connectivity index (χ3n) is 9.97. The summed E-state index contributed by atoms with van der Waals surface area (Å²) in [5, 5.41) is 21.9. The van der Waals surface area contributed by atoms with E-state index in [4.69, 9.17) is 15.5 Å². The van der Waals surface area contributed by atoms with Crippen LogP contribution in [-0.4, -0.2) is 84.3 Å². The molecular formula is C31H41N7O3. The quantitative estimate of drug-likeness (QED) is 0.311. The number of aromatic amines is 1. The number of imidazole rings is 1. The van der Waals surface area contributed by atoms with E-state index in [1.165, 1.54) is 31.2 Å². The lowest BCUT2D eigenvalue weighted by Gasteiger charge is -2.46. The molecule has 1 unspecified atom stereocenters. The van der Waals surface area contributed by atoms with Gasteiger partial charge < -0.3 is 25.7 Å². The van der Waals surface area contributed by atoms with Crippen LogP contribution in [0, 0.1) is 5.92 Å². The van der Waals surface area contributed by atoms with E-state index < -0.39 is 24.4 Å². The van der Waals surface area contributed by atoms with Gasteiger partial charge >= 0.3 is 0 Å². The lowest BCUT2D eigenvalue weighted by Crippen LogP contribution is -2.52. The largest absolute Gasteiger partial charge is 0.388 e. The fourth-order valence-electron chi connectivity index (χ4n) is 7.20. The van der Waals surface area contributed by atoms with Gasteiger partial charge in [-0.25, -0.2) is 15.0 Å². The number of benzene rings is 1. The normalized spacial score (nSPS) is 31.2. The van der Waals surface area contributed by atoms with Crippen molar-refractivity contribution in [3.05, 3.63) is 41.6 Å². The molecule has 10 heteroatoms. The molecule has 2 aromatic heterocycles. The summed E-state index contributed by atoms with van der Waals surface area (Å²) in [4.78, 5) is 23.6. The zero-order chi connectivity index (χ0) is 28.2. The van der Waals surface area contributed by atoms with Gasteiger partial charge in [0.15, 0.2) is 5.82 Å². The van der Waals surface area contributed by atoms with Crippen molar-refractivity contribution in [3.8, 4) is 0 Å². The molecule has 4 heterocycles. The van der Waals surface area contributed by atoms with Crippen LogP contribution in [0.2, 0.25) is 0 Å². The Hall–Kier alpha value is -2.92. The van der Waals surface area contributed by atoms with E-state index >= 15 is 0 Å². The number of hydrogen-bond donors (Lipinski definition) is 4. The second-order valence-electron chi connectivity index (χ2n) is 12.8. The van der Waals surface area contributed by atoms with Gasteiger partial charge in [-0.2, -0.15) is 0 Å². The maximum absolute atomic E-state index is 11.0. The minimum atomic E-state index is -1.03. The molecule has 5 N–H and O–H groups in total. The summed E-state index contributed by atoms with van der Waals surface area (Å²) in [6.45, 7) is 4.95. The Morgan fingerprint density at radius 3 is 2.73 bits per heavy atom. The second-order valence-corrected chi connectivity index (χ2v) is 12.8. The molecule has 41 heavy (non-hydrogen) atoms. The van der Waals surface area contributed by atoms with Crippen molar-refractivity contribution in [2.24, 2.45) is 10.9 Å². The molecular weight excluding hydrogens is 518 g/mol. The maximum atomic E-state index is 11.0. The molecule has 1 saturated heterocycles. The number of nitrogens with one attached hydrogen (secondary N) is 1. The highest BCUT2D eigenvalue weighted by Gasteiger charge is 2.49. The van der Waals surface area contributed by atoms with Gasteiger partial charge in [-0.1, -0.05) is 12.5 Å². The molecule has 2 saturated carbocycles. The molecule has 4 aliphatic rings. The Labute approximate surface area is 240 Å².